The van der Waals surface area contributed by atoms with Gasteiger partial charge in [-0.2, -0.15) is 4.98 Å². The third-order valence-electron chi connectivity index (χ3n) is 5.85. The number of amides is 2. The highest BCUT2D eigenvalue weighted by Gasteiger charge is 2.28. The maximum atomic E-state index is 13.1. The van der Waals surface area contributed by atoms with Gasteiger partial charge in [-0.3, -0.25) is 19.0 Å². The Balaban J connectivity index is 1.50. The number of carbonyl (C=O) groups excluding carboxylic acids is 2. The van der Waals surface area contributed by atoms with Gasteiger partial charge in [0.1, 0.15) is 17.6 Å². The molecule has 2 aromatic heterocycles. The number of fused-ring (bicyclic) bond motifs is 1. The van der Waals surface area contributed by atoms with Crippen LogP contribution in [0.1, 0.15) is 37.8 Å². The largest absolute Gasteiger partial charge is 0.354 e. The lowest BCUT2D eigenvalue weighted by Crippen LogP contribution is -2.44. The topological polar surface area (TPSA) is 109 Å². The molecule has 9 nitrogen and oxygen atoms in total. The predicted molar refractivity (Wildman–Crippen MR) is 134 cm³/mol. The minimum atomic E-state index is -0.295. The summed E-state index contributed by atoms with van der Waals surface area (Å²) in [5.74, 6) is -0.352. The molecule has 1 aliphatic heterocycles. The van der Waals surface area contributed by atoms with Crippen LogP contribution in [-0.4, -0.2) is 45.5 Å². The summed E-state index contributed by atoms with van der Waals surface area (Å²) in [4.78, 5) is 49.1. The summed E-state index contributed by atoms with van der Waals surface area (Å²) >= 11 is 1.26. The average molecular weight is 483 g/mol. The first-order valence-electron chi connectivity index (χ1n) is 11.5. The van der Waals surface area contributed by atoms with Crippen LogP contribution in [0, 0.1) is 19.8 Å². The second kappa shape index (κ2) is 9.92. The number of hydrogen-bond acceptors (Lipinski definition) is 7. The molecule has 3 heterocycles. The van der Waals surface area contributed by atoms with Crippen molar-refractivity contribution in [3.8, 4) is 0 Å². The van der Waals surface area contributed by atoms with Crippen molar-refractivity contribution in [1.29, 1.82) is 0 Å². The number of aromatic nitrogens is 3. The van der Waals surface area contributed by atoms with Gasteiger partial charge in [0, 0.05) is 24.8 Å². The lowest BCUT2D eigenvalue weighted by molar-refractivity contribution is -0.125. The molecule has 4 rings (SSSR count). The summed E-state index contributed by atoms with van der Waals surface area (Å²) < 4.78 is 1.71. The van der Waals surface area contributed by atoms with Crippen LogP contribution in [0.25, 0.3) is 10.3 Å². The van der Waals surface area contributed by atoms with Crippen molar-refractivity contribution in [2.75, 3.05) is 23.3 Å². The molecular formula is C24H30N6O3S. The van der Waals surface area contributed by atoms with E-state index in [4.69, 9.17) is 0 Å². The first kappa shape index (κ1) is 23.9. The molecule has 1 fully saturated rings. The Hall–Kier alpha value is -3.27. The van der Waals surface area contributed by atoms with Crippen LogP contribution in [0.4, 0.5) is 10.8 Å². The zero-order chi connectivity index (χ0) is 24.4. The van der Waals surface area contributed by atoms with Gasteiger partial charge in [0.05, 0.1) is 5.92 Å². The van der Waals surface area contributed by atoms with Gasteiger partial charge in [-0.05, 0) is 57.7 Å². The van der Waals surface area contributed by atoms with Crippen LogP contribution in [0.3, 0.4) is 0 Å². The SMILES string of the molecule is Cc1ccc(C)c(NC(=O)Cn2cnc3nc(N4CCC[C@@H](C(=O)NC(C)C)C4)sc3c2=O)c1. The van der Waals surface area contributed by atoms with Gasteiger partial charge in [-0.1, -0.05) is 23.5 Å². The van der Waals surface area contributed by atoms with Gasteiger partial charge >= 0.3 is 0 Å². The number of aryl methyl sites for hydroxylation is 2. The highest BCUT2D eigenvalue weighted by Crippen LogP contribution is 2.29. The van der Waals surface area contributed by atoms with Crippen molar-refractivity contribution >= 4 is 44.3 Å². The maximum Gasteiger partial charge on any atom is 0.273 e. The fourth-order valence-electron chi connectivity index (χ4n) is 4.07. The van der Waals surface area contributed by atoms with Crippen molar-refractivity contribution in [2.24, 2.45) is 5.92 Å². The Morgan fingerprint density at radius 3 is 2.82 bits per heavy atom. The normalized spacial score (nSPS) is 16.1. The minimum absolute atomic E-state index is 0.0520. The van der Waals surface area contributed by atoms with Crippen molar-refractivity contribution in [3.05, 3.63) is 46.0 Å². The molecule has 0 unspecified atom stereocenters. The molecule has 10 heteroatoms. The van der Waals surface area contributed by atoms with Gasteiger partial charge in [-0.15, -0.1) is 0 Å². The van der Waals surface area contributed by atoms with Crippen LogP contribution in [0.15, 0.2) is 29.3 Å². The number of anilines is 2. The van der Waals surface area contributed by atoms with E-state index in [1.807, 2.05) is 45.9 Å². The Kier molecular flexibility index (Phi) is 6.97. The maximum absolute atomic E-state index is 13.1. The average Bonchev–Trinajstić information content (AvgIpc) is 3.23. The molecule has 1 atom stereocenters. The van der Waals surface area contributed by atoms with Crippen molar-refractivity contribution in [2.45, 2.75) is 53.1 Å². The van der Waals surface area contributed by atoms with Crippen molar-refractivity contribution < 1.29 is 9.59 Å². The van der Waals surface area contributed by atoms with E-state index >= 15 is 0 Å². The lowest BCUT2D eigenvalue weighted by Gasteiger charge is -2.32. The number of thiazole rings is 1. The minimum Gasteiger partial charge on any atom is -0.354 e. The molecular weight excluding hydrogens is 452 g/mol. The molecule has 3 aromatic rings. The molecule has 0 spiro atoms. The van der Waals surface area contributed by atoms with Crippen LogP contribution in [0.2, 0.25) is 0 Å². The van der Waals surface area contributed by atoms with E-state index in [-0.39, 0.29) is 35.9 Å². The van der Waals surface area contributed by atoms with E-state index in [0.29, 0.717) is 22.0 Å². The summed E-state index contributed by atoms with van der Waals surface area (Å²) in [5.41, 5.74) is 2.79. The quantitative estimate of drug-likeness (QED) is 0.559. The second-order valence-electron chi connectivity index (χ2n) is 9.14. The smallest absolute Gasteiger partial charge is 0.273 e. The molecule has 2 N–H and O–H groups in total. The molecule has 0 saturated carbocycles. The molecule has 1 saturated heterocycles. The first-order valence-corrected chi connectivity index (χ1v) is 12.3. The molecule has 1 aliphatic rings. The van der Waals surface area contributed by atoms with Crippen LogP contribution < -0.4 is 21.1 Å². The number of nitrogens with one attached hydrogen (secondary N) is 2. The molecule has 0 aliphatic carbocycles. The van der Waals surface area contributed by atoms with Gasteiger partial charge in [0.15, 0.2) is 10.8 Å². The lowest BCUT2D eigenvalue weighted by atomic mass is 9.97. The second-order valence-corrected chi connectivity index (χ2v) is 10.1. The predicted octanol–water partition coefficient (Wildman–Crippen LogP) is 2.85. The van der Waals surface area contributed by atoms with Crippen molar-refractivity contribution in [1.82, 2.24) is 19.9 Å². The number of rotatable bonds is 6. The highest BCUT2D eigenvalue weighted by molar-refractivity contribution is 7.22. The number of hydrogen-bond donors (Lipinski definition) is 2. The highest BCUT2D eigenvalue weighted by atomic mass is 32.1. The van der Waals surface area contributed by atoms with Crippen molar-refractivity contribution in [3.63, 3.8) is 0 Å². The molecule has 1 aromatic carbocycles. The van der Waals surface area contributed by atoms with E-state index in [2.05, 4.69) is 25.5 Å². The number of nitrogens with zero attached hydrogens (tertiary/aromatic N) is 4. The van der Waals surface area contributed by atoms with Crippen LogP contribution in [0.5, 0.6) is 0 Å². The molecule has 0 bridgehead atoms. The molecule has 0 radical (unpaired) electrons. The molecule has 34 heavy (non-hydrogen) atoms. The zero-order valence-electron chi connectivity index (χ0n) is 19.9. The standard InChI is InChI=1S/C24H30N6O3S/c1-14(2)26-22(32)17-6-5-9-29(11-17)24-28-21-20(34-24)23(33)30(13-25-21)12-19(31)27-18-10-15(3)7-8-16(18)4/h7-8,10,13-14,17H,5-6,9,11-12H2,1-4H3,(H,26,32)(H,27,31)/t17-/m1/s1. The van der Waals surface area contributed by atoms with Crippen LogP contribution >= 0.6 is 11.3 Å². The van der Waals surface area contributed by atoms with Gasteiger partial charge < -0.3 is 15.5 Å². The number of piperidine rings is 1. The summed E-state index contributed by atoms with van der Waals surface area (Å²) in [7, 11) is 0. The Morgan fingerprint density at radius 1 is 1.26 bits per heavy atom. The zero-order valence-corrected chi connectivity index (χ0v) is 20.7. The van der Waals surface area contributed by atoms with E-state index < -0.39 is 0 Å². The fourth-order valence-corrected chi connectivity index (χ4v) is 5.07. The molecule has 180 valence electrons. The third kappa shape index (κ3) is 5.27. The van der Waals surface area contributed by atoms with E-state index in [1.54, 1.807) is 0 Å². The Morgan fingerprint density at radius 2 is 2.06 bits per heavy atom. The van der Waals surface area contributed by atoms with Gasteiger partial charge in [-0.25, -0.2) is 4.98 Å². The van der Waals surface area contributed by atoms with E-state index in [9.17, 15) is 14.4 Å². The van der Waals surface area contributed by atoms with E-state index in [0.717, 1.165) is 36.2 Å². The number of carbonyl (C=O) groups is 2. The molecule has 2 amide bonds. The van der Waals surface area contributed by atoms with E-state index in [1.165, 1.54) is 22.2 Å². The Labute approximate surface area is 202 Å². The third-order valence-corrected chi connectivity index (χ3v) is 6.94. The monoisotopic (exact) mass is 482 g/mol. The first-order chi connectivity index (χ1) is 16.2. The summed E-state index contributed by atoms with van der Waals surface area (Å²) in [5, 5.41) is 6.54. The van der Waals surface area contributed by atoms with Gasteiger partial charge in [0.25, 0.3) is 5.56 Å². The van der Waals surface area contributed by atoms with Crippen LogP contribution in [-0.2, 0) is 16.1 Å². The summed E-state index contributed by atoms with van der Waals surface area (Å²) in [6.07, 6.45) is 3.08. The fraction of sp³-hybridized carbons (Fsp3) is 0.458. The summed E-state index contributed by atoms with van der Waals surface area (Å²) in [6.45, 7) is 8.98. The van der Waals surface area contributed by atoms with Gasteiger partial charge in [0.2, 0.25) is 11.8 Å². The Bertz CT molecular complexity index is 1280. The number of benzene rings is 1. The summed E-state index contributed by atoms with van der Waals surface area (Å²) in [6, 6.07) is 5.93.